The molecule has 0 spiro atoms. The maximum atomic E-state index is 13.0. The van der Waals surface area contributed by atoms with Crippen LogP contribution in [0.25, 0.3) is 0 Å². The fourth-order valence-electron chi connectivity index (χ4n) is 4.00. The summed E-state index contributed by atoms with van der Waals surface area (Å²) in [4.78, 5) is 27.3. The Labute approximate surface area is 152 Å². The predicted octanol–water partition coefficient (Wildman–Crippen LogP) is 2.69. The second-order valence-electron chi connectivity index (χ2n) is 7.02. The first-order chi connectivity index (χ1) is 12.2. The molecule has 0 saturated carbocycles. The molecular formula is C19H24N4OS. The summed E-state index contributed by atoms with van der Waals surface area (Å²) >= 11 is 1.81. The fraction of sp³-hybridized carbons (Fsp3) is 0.526. The molecule has 1 saturated heterocycles. The number of thiophene rings is 1. The van der Waals surface area contributed by atoms with E-state index in [1.54, 1.807) is 6.33 Å². The zero-order valence-electron chi connectivity index (χ0n) is 14.6. The molecule has 0 aliphatic carbocycles. The van der Waals surface area contributed by atoms with Crippen molar-refractivity contribution >= 4 is 17.2 Å². The lowest BCUT2D eigenvalue weighted by Gasteiger charge is -2.38. The Bertz CT molecular complexity index is 732. The van der Waals surface area contributed by atoms with Gasteiger partial charge in [-0.2, -0.15) is 0 Å². The van der Waals surface area contributed by atoms with E-state index in [0.717, 1.165) is 51.1 Å². The molecule has 2 atom stereocenters. The van der Waals surface area contributed by atoms with Gasteiger partial charge in [-0.15, -0.1) is 11.3 Å². The zero-order valence-corrected chi connectivity index (χ0v) is 15.4. The van der Waals surface area contributed by atoms with Gasteiger partial charge in [0, 0.05) is 42.3 Å². The number of rotatable bonds is 3. The molecule has 4 rings (SSSR count). The van der Waals surface area contributed by atoms with Crippen molar-refractivity contribution in [3.63, 3.8) is 0 Å². The molecule has 0 N–H and O–H groups in total. The number of carbonyl (C=O) groups is 1. The maximum Gasteiger partial charge on any atom is 0.239 e. The Kier molecular flexibility index (Phi) is 4.81. The Hall–Kier alpha value is -1.79. The Balaban J connectivity index is 1.42. The summed E-state index contributed by atoms with van der Waals surface area (Å²) < 4.78 is 0. The van der Waals surface area contributed by atoms with Crippen molar-refractivity contribution in [2.75, 3.05) is 19.6 Å². The molecule has 132 valence electrons. The quantitative estimate of drug-likeness (QED) is 0.848. The van der Waals surface area contributed by atoms with Crippen LogP contribution in [0, 0.1) is 0 Å². The van der Waals surface area contributed by atoms with Crippen LogP contribution in [0.1, 0.15) is 41.8 Å². The summed E-state index contributed by atoms with van der Waals surface area (Å²) in [7, 11) is 0. The minimum absolute atomic E-state index is 0.0650. The maximum absolute atomic E-state index is 13.0. The molecule has 2 aliphatic rings. The van der Waals surface area contributed by atoms with Crippen molar-refractivity contribution in [2.24, 2.45) is 0 Å². The molecule has 5 nitrogen and oxygen atoms in total. The molecule has 25 heavy (non-hydrogen) atoms. The first kappa shape index (κ1) is 16.7. The Morgan fingerprint density at radius 2 is 2.28 bits per heavy atom. The van der Waals surface area contributed by atoms with Gasteiger partial charge in [0.2, 0.25) is 5.91 Å². The summed E-state index contributed by atoms with van der Waals surface area (Å²) in [5.41, 5.74) is 2.43. The lowest BCUT2D eigenvalue weighted by atomic mass is 9.93. The van der Waals surface area contributed by atoms with E-state index < -0.39 is 0 Å². The first-order valence-electron chi connectivity index (χ1n) is 9.06. The number of hydrogen-bond acceptors (Lipinski definition) is 5. The van der Waals surface area contributed by atoms with Gasteiger partial charge in [0.1, 0.15) is 6.33 Å². The van der Waals surface area contributed by atoms with Gasteiger partial charge >= 0.3 is 0 Å². The van der Waals surface area contributed by atoms with Crippen molar-refractivity contribution in [1.29, 1.82) is 0 Å². The number of hydrogen-bond donors (Lipinski definition) is 0. The molecule has 4 heterocycles. The molecular weight excluding hydrogens is 332 g/mol. The number of likely N-dealkylation sites (tertiary alicyclic amines) is 1. The number of piperidine rings is 1. The van der Waals surface area contributed by atoms with Gasteiger partial charge in [-0.1, -0.05) is 0 Å². The topological polar surface area (TPSA) is 49.3 Å². The average Bonchev–Trinajstić information content (AvgIpc) is 3.15. The van der Waals surface area contributed by atoms with Crippen LogP contribution >= 0.6 is 11.3 Å². The van der Waals surface area contributed by atoms with Crippen LogP contribution < -0.4 is 0 Å². The highest BCUT2D eigenvalue weighted by Gasteiger charge is 2.32. The van der Waals surface area contributed by atoms with Crippen LogP contribution in [0.15, 0.2) is 30.0 Å². The van der Waals surface area contributed by atoms with E-state index in [0.29, 0.717) is 5.92 Å². The van der Waals surface area contributed by atoms with E-state index in [4.69, 9.17) is 0 Å². The van der Waals surface area contributed by atoms with E-state index in [-0.39, 0.29) is 11.9 Å². The van der Waals surface area contributed by atoms with E-state index in [9.17, 15) is 4.79 Å². The van der Waals surface area contributed by atoms with Crippen LogP contribution in [0.2, 0.25) is 0 Å². The van der Waals surface area contributed by atoms with Gasteiger partial charge < -0.3 is 4.90 Å². The van der Waals surface area contributed by atoms with Gasteiger partial charge in [-0.25, -0.2) is 9.97 Å². The Morgan fingerprint density at radius 1 is 1.36 bits per heavy atom. The predicted molar refractivity (Wildman–Crippen MR) is 98.5 cm³/mol. The van der Waals surface area contributed by atoms with E-state index in [2.05, 4.69) is 33.2 Å². The lowest BCUT2D eigenvalue weighted by Crippen LogP contribution is -2.51. The van der Waals surface area contributed by atoms with Gasteiger partial charge in [0.05, 0.1) is 6.04 Å². The van der Waals surface area contributed by atoms with Crippen molar-refractivity contribution in [1.82, 2.24) is 19.8 Å². The van der Waals surface area contributed by atoms with Crippen LogP contribution in [-0.4, -0.2) is 51.4 Å². The standard InChI is InChI=1S/C19H24N4OS/c1-14(19(24)23-9-5-18-16(12-23)6-10-25-18)22-8-2-3-15(11-22)17-4-7-20-13-21-17/h4,6-7,10,13-15H,2-3,5,8-9,11-12H2,1H3/t14-,15+/m0/s1. The zero-order chi connectivity index (χ0) is 17.2. The second-order valence-corrected chi connectivity index (χ2v) is 8.02. The average molecular weight is 356 g/mol. The van der Waals surface area contributed by atoms with E-state index in [1.165, 1.54) is 10.4 Å². The molecule has 2 aromatic heterocycles. The highest BCUT2D eigenvalue weighted by atomic mass is 32.1. The van der Waals surface area contributed by atoms with Crippen molar-refractivity contribution in [3.05, 3.63) is 46.2 Å². The first-order valence-corrected chi connectivity index (χ1v) is 9.94. The van der Waals surface area contributed by atoms with Crippen LogP contribution in [-0.2, 0) is 17.8 Å². The van der Waals surface area contributed by atoms with Gasteiger partial charge in [-0.3, -0.25) is 9.69 Å². The van der Waals surface area contributed by atoms with Crippen molar-refractivity contribution < 1.29 is 4.79 Å². The van der Waals surface area contributed by atoms with Crippen LogP contribution in [0.4, 0.5) is 0 Å². The van der Waals surface area contributed by atoms with Gasteiger partial charge in [-0.05, 0) is 55.8 Å². The van der Waals surface area contributed by atoms with Gasteiger partial charge in [0.25, 0.3) is 0 Å². The molecule has 0 unspecified atom stereocenters. The molecule has 2 aliphatic heterocycles. The van der Waals surface area contributed by atoms with Gasteiger partial charge in [0.15, 0.2) is 0 Å². The van der Waals surface area contributed by atoms with Crippen LogP contribution in [0.3, 0.4) is 0 Å². The monoisotopic (exact) mass is 356 g/mol. The normalized spacial score (nSPS) is 22.4. The fourth-order valence-corrected chi connectivity index (χ4v) is 4.89. The number of nitrogens with zero attached hydrogens (tertiary/aromatic N) is 4. The number of fused-ring (bicyclic) bond motifs is 1. The highest BCUT2D eigenvalue weighted by molar-refractivity contribution is 7.10. The largest absolute Gasteiger partial charge is 0.337 e. The van der Waals surface area contributed by atoms with Crippen molar-refractivity contribution in [3.8, 4) is 0 Å². The third-order valence-corrected chi connectivity index (χ3v) is 6.52. The summed E-state index contributed by atoms with van der Waals surface area (Å²) in [6.45, 7) is 5.58. The smallest absolute Gasteiger partial charge is 0.239 e. The lowest BCUT2D eigenvalue weighted by molar-refractivity contribution is -0.137. The minimum Gasteiger partial charge on any atom is -0.337 e. The van der Waals surface area contributed by atoms with E-state index in [1.807, 2.05) is 28.5 Å². The molecule has 0 aromatic carbocycles. The van der Waals surface area contributed by atoms with E-state index >= 15 is 0 Å². The second kappa shape index (κ2) is 7.22. The molecule has 1 fully saturated rings. The Morgan fingerprint density at radius 3 is 3.12 bits per heavy atom. The SMILES string of the molecule is C[C@@H](C(=O)N1CCc2sccc2C1)N1CCC[C@@H](c2ccncn2)C1. The molecule has 0 radical (unpaired) electrons. The summed E-state index contributed by atoms with van der Waals surface area (Å²) in [5.74, 6) is 0.664. The number of aromatic nitrogens is 2. The molecule has 0 bridgehead atoms. The molecule has 2 aromatic rings. The minimum atomic E-state index is -0.0650. The van der Waals surface area contributed by atoms with Crippen LogP contribution in [0.5, 0.6) is 0 Å². The third-order valence-electron chi connectivity index (χ3n) is 5.50. The highest BCUT2D eigenvalue weighted by Crippen LogP contribution is 2.28. The molecule has 6 heteroatoms. The van der Waals surface area contributed by atoms with Crippen molar-refractivity contribution in [2.45, 2.75) is 44.7 Å². The summed E-state index contributed by atoms with van der Waals surface area (Å²) in [5, 5.41) is 2.14. The molecule has 1 amide bonds. The number of carbonyl (C=O) groups excluding carboxylic acids is 1. The summed E-state index contributed by atoms with van der Waals surface area (Å²) in [6, 6.07) is 4.10. The summed E-state index contributed by atoms with van der Waals surface area (Å²) in [6.07, 6.45) is 6.67. The number of amides is 1. The third kappa shape index (κ3) is 3.46.